The molecule has 0 aliphatic carbocycles. The number of fused-ring (bicyclic) bond motifs is 1. The van der Waals surface area contributed by atoms with Gasteiger partial charge in [0.15, 0.2) is 0 Å². The van der Waals surface area contributed by atoms with Crippen LogP contribution >= 0.6 is 11.3 Å². The number of benzene rings is 1. The lowest BCUT2D eigenvalue weighted by Gasteiger charge is -2.36. The Morgan fingerprint density at radius 2 is 2.00 bits per heavy atom. The first kappa shape index (κ1) is 15.1. The molecule has 0 saturated carbocycles. The van der Waals surface area contributed by atoms with Crippen molar-refractivity contribution in [3.63, 3.8) is 0 Å². The van der Waals surface area contributed by atoms with Crippen LogP contribution in [0.5, 0.6) is 0 Å². The highest BCUT2D eigenvalue weighted by Gasteiger charge is 2.25. The van der Waals surface area contributed by atoms with Gasteiger partial charge in [0, 0.05) is 31.7 Å². The van der Waals surface area contributed by atoms with Gasteiger partial charge in [-0.3, -0.25) is 9.89 Å². The number of nitrogens with one attached hydrogen (secondary N) is 1. The van der Waals surface area contributed by atoms with E-state index in [1.165, 1.54) is 5.69 Å². The Balaban J connectivity index is 1.48. The summed E-state index contributed by atoms with van der Waals surface area (Å²) in [6, 6.07) is 5.75. The Labute approximate surface area is 144 Å². The van der Waals surface area contributed by atoms with E-state index in [4.69, 9.17) is 0 Å². The molecule has 0 spiro atoms. The van der Waals surface area contributed by atoms with Crippen molar-refractivity contribution in [1.82, 2.24) is 20.1 Å². The normalized spacial score (nSPS) is 15.2. The molecule has 0 unspecified atom stereocenters. The van der Waals surface area contributed by atoms with E-state index in [2.05, 4.69) is 20.1 Å². The number of aryl methyl sites for hydroxylation is 2. The molecule has 1 aromatic carbocycles. The van der Waals surface area contributed by atoms with Gasteiger partial charge in [0.2, 0.25) is 0 Å². The van der Waals surface area contributed by atoms with E-state index in [0.717, 1.165) is 53.3 Å². The van der Waals surface area contributed by atoms with E-state index in [9.17, 15) is 4.79 Å². The second kappa shape index (κ2) is 5.90. The predicted molar refractivity (Wildman–Crippen MR) is 95.8 cm³/mol. The molecule has 1 amide bonds. The lowest BCUT2D eigenvalue weighted by molar-refractivity contribution is 0.0747. The van der Waals surface area contributed by atoms with Gasteiger partial charge in [-0.1, -0.05) is 0 Å². The fourth-order valence-corrected chi connectivity index (χ4v) is 4.03. The zero-order valence-electron chi connectivity index (χ0n) is 13.7. The molecule has 2 aromatic heterocycles. The molecule has 1 fully saturated rings. The standard InChI is InChI=1S/C17H19N5OS/c1-11-16(12(2)20-19-11)21-5-7-22(8-6-21)17(23)13-3-4-14-15(9-13)24-10-18-14/h3-4,9-10H,5-8H2,1-2H3,(H,19,20). The van der Waals surface area contributed by atoms with Crippen molar-refractivity contribution in [3.8, 4) is 0 Å². The molecule has 1 aliphatic heterocycles. The van der Waals surface area contributed by atoms with Crippen molar-refractivity contribution in [3.05, 3.63) is 40.7 Å². The van der Waals surface area contributed by atoms with E-state index in [1.54, 1.807) is 11.3 Å². The molecular weight excluding hydrogens is 322 g/mol. The van der Waals surface area contributed by atoms with Gasteiger partial charge < -0.3 is 9.80 Å². The highest BCUT2D eigenvalue weighted by molar-refractivity contribution is 7.16. The monoisotopic (exact) mass is 341 g/mol. The summed E-state index contributed by atoms with van der Waals surface area (Å²) in [5, 5.41) is 7.30. The zero-order chi connectivity index (χ0) is 16.7. The van der Waals surface area contributed by atoms with Gasteiger partial charge in [-0.25, -0.2) is 4.98 Å². The summed E-state index contributed by atoms with van der Waals surface area (Å²) in [5.41, 5.74) is 6.79. The van der Waals surface area contributed by atoms with E-state index in [0.29, 0.717) is 0 Å². The summed E-state index contributed by atoms with van der Waals surface area (Å²) in [6.07, 6.45) is 0. The molecule has 0 bridgehead atoms. The molecule has 0 radical (unpaired) electrons. The maximum absolute atomic E-state index is 12.8. The molecule has 4 rings (SSSR count). The predicted octanol–water partition coefficient (Wildman–Crippen LogP) is 2.60. The molecule has 1 aliphatic rings. The molecule has 1 saturated heterocycles. The van der Waals surface area contributed by atoms with Crippen molar-refractivity contribution in [1.29, 1.82) is 0 Å². The SMILES string of the molecule is Cc1n[nH]c(C)c1N1CCN(C(=O)c2ccc3ncsc3c2)CC1. The molecular formula is C17H19N5OS. The van der Waals surface area contributed by atoms with Crippen LogP contribution in [0.4, 0.5) is 5.69 Å². The Kier molecular flexibility index (Phi) is 3.72. The number of aromatic nitrogens is 3. The number of piperazine rings is 1. The smallest absolute Gasteiger partial charge is 0.254 e. The van der Waals surface area contributed by atoms with Crippen LogP contribution in [0.2, 0.25) is 0 Å². The van der Waals surface area contributed by atoms with Crippen molar-refractivity contribution in [2.24, 2.45) is 0 Å². The number of nitrogens with zero attached hydrogens (tertiary/aromatic N) is 4. The first-order valence-electron chi connectivity index (χ1n) is 8.02. The van der Waals surface area contributed by atoms with Gasteiger partial charge in [-0.05, 0) is 32.0 Å². The summed E-state index contributed by atoms with van der Waals surface area (Å²) in [7, 11) is 0. The van der Waals surface area contributed by atoms with Gasteiger partial charge in [-0.15, -0.1) is 11.3 Å². The average molecular weight is 341 g/mol. The van der Waals surface area contributed by atoms with E-state index < -0.39 is 0 Å². The lowest BCUT2D eigenvalue weighted by atomic mass is 10.1. The zero-order valence-corrected chi connectivity index (χ0v) is 14.6. The number of amides is 1. The molecule has 124 valence electrons. The number of carbonyl (C=O) groups is 1. The van der Waals surface area contributed by atoms with Crippen LogP contribution in [0.3, 0.4) is 0 Å². The van der Waals surface area contributed by atoms with Crippen LogP contribution < -0.4 is 4.90 Å². The van der Waals surface area contributed by atoms with Crippen LogP contribution in [0, 0.1) is 13.8 Å². The second-order valence-corrected chi connectivity index (χ2v) is 6.98. The summed E-state index contributed by atoms with van der Waals surface area (Å²) in [6.45, 7) is 7.16. The van der Waals surface area contributed by atoms with Gasteiger partial charge in [0.05, 0.1) is 32.8 Å². The fourth-order valence-electron chi connectivity index (χ4n) is 3.31. The third kappa shape index (κ3) is 2.54. The molecule has 3 aromatic rings. The van der Waals surface area contributed by atoms with Crippen LogP contribution in [-0.4, -0.2) is 52.2 Å². The third-order valence-electron chi connectivity index (χ3n) is 4.55. The molecule has 0 atom stereocenters. The van der Waals surface area contributed by atoms with Gasteiger partial charge in [0.1, 0.15) is 0 Å². The first-order valence-corrected chi connectivity index (χ1v) is 8.90. The van der Waals surface area contributed by atoms with Crippen LogP contribution in [0.15, 0.2) is 23.7 Å². The number of H-pyrrole nitrogens is 1. The van der Waals surface area contributed by atoms with E-state index in [-0.39, 0.29) is 5.91 Å². The first-order chi connectivity index (χ1) is 11.6. The molecule has 3 heterocycles. The lowest BCUT2D eigenvalue weighted by Crippen LogP contribution is -2.49. The highest BCUT2D eigenvalue weighted by atomic mass is 32.1. The number of hydrogen-bond donors (Lipinski definition) is 1. The molecule has 6 nitrogen and oxygen atoms in total. The minimum atomic E-state index is 0.102. The maximum Gasteiger partial charge on any atom is 0.254 e. The van der Waals surface area contributed by atoms with Gasteiger partial charge >= 0.3 is 0 Å². The van der Waals surface area contributed by atoms with Crippen molar-refractivity contribution >= 4 is 33.1 Å². The summed E-state index contributed by atoms with van der Waals surface area (Å²) >= 11 is 1.57. The largest absolute Gasteiger partial charge is 0.365 e. The number of carbonyl (C=O) groups excluding carboxylic acids is 1. The van der Waals surface area contributed by atoms with E-state index >= 15 is 0 Å². The topological polar surface area (TPSA) is 65.1 Å². The Hall–Kier alpha value is -2.41. The number of thiazole rings is 1. The average Bonchev–Trinajstić information content (AvgIpc) is 3.20. The van der Waals surface area contributed by atoms with Crippen molar-refractivity contribution < 1.29 is 4.79 Å². The second-order valence-electron chi connectivity index (χ2n) is 6.10. The number of aromatic amines is 1. The van der Waals surface area contributed by atoms with Gasteiger partial charge in [0.25, 0.3) is 5.91 Å². The van der Waals surface area contributed by atoms with Crippen LogP contribution in [-0.2, 0) is 0 Å². The summed E-state index contributed by atoms with van der Waals surface area (Å²) in [4.78, 5) is 21.3. The van der Waals surface area contributed by atoms with Crippen molar-refractivity contribution in [2.45, 2.75) is 13.8 Å². The van der Waals surface area contributed by atoms with Crippen molar-refractivity contribution in [2.75, 3.05) is 31.1 Å². The van der Waals surface area contributed by atoms with Gasteiger partial charge in [-0.2, -0.15) is 5.10 Å². The Morgan fingerprint density at radius 1 is 1.21 bits per heavy atom. The maximum atomic E-state index is 12.8. The Morgan fingerprint density at radius 3 is 2.71 bits per heavy atom. The minimum absolute atomic E-state index is 0.102. The fraction of sp³-hybridized carbons (Fsp3) is 0.353. The minimum Gasteiger partial charge on any atom is -0.365 e. The van der Waals surface area contributed by atoms with E-state index in [1.807, 2.05) is 42.5 Å². The Bertz CT molecular complexity index is 872. The molecule has 7 heteroatoms. The number of anilines is 1. The third-order valence-corrected chi connectivity index (χ3v) is 5.34. The number of hydrogen-bond acceptors (Lipinski definition) is 5. The van der Waals surface area contributed by atoms with Crippen LogP contribution in [0.25, 0.3) is 10.2 Å². The van der Waals surface area contributed by atoms with Crippen LogP contribution in [0.1, 0.15) is 21.7 Å². The number of rotatable bonds is 2. The molecule has 1 N–H and O–H groups in total. The quantitative estimate of drug-likeness (QED) is 0.778. The summed E-state index contributed by atoms with van der Waals surface area (Å²) in [5.74, 6) is 0.102. The highest BCUT2D eigenvalue weighted by Crippen LogP contribution is 2.24. The summed E-state index contributed by atoms with van der Waals surface area (Å²) < 4.78 is 1.06. The molecule has 24 heavy (non-hydrogen) atoms.